The van der Waals surface area contributed by atoms with Crippen LogP contribution in [0, 0.1) is 5.92 Å². The van der Waals surface area contributed by atoms with Gasteiger partial charge in [0.15, 0.2) is 0 Å². The molecule has 92 valence electrons. The van der Waals surface area contributed by atoms with Gasteiger partial charge < -0.3 is 20.9 Å². The van der Waals surface area contributed by atoms with Crippen LogP contribution in [0.25, 0.3) is 0 Å². The Hall–Kier alpha value is -0.160. The lowest BCUT2D eigenvalue weighted by Crippen LogP contribution is -2.40. The van der Waals surface area contributed by atoms with E-state index in [0.717, 1.165) is 12.8 Å². The minimum absolute atomic E-state index is 0.287. The maximum atomic E-state index is 9.64. The molecule has 0 radical (unpaired) electrons. The van der Waals surface area contributed by atoms with Crippen molar-refractivity contribution in [1.82, 2.24) is 5.32 Å². The zero-order valence-electron chi connectivity index (χ0n) is 10.2. The largest absolute Gasteiger partial charge is 0.392 e. The van der Waals surface area contributed by atoms with E-state index in [4.69, 9.17) is 10.5 Å². The molecule has 4 N–H and O–H groups in total. The number of hydrogen-bond acceptors (Lipinski definition) is 4. The van der Waals surface area contributed by atoms with Crippen molar-refractivity contribution in [3.05, 3.63) is 0 Å². The second-order valence-corrected chi connectivity index (χ2v) is 4.30. The third kappa shape index (κ3) is 7.73. The number of nitrogens with two attached hydrogens (primary N) is 1. The third-order valence-corrected chi connectivity index (χ3v) is 2.51. The quantitative estimate of drug-likeness (QED) is 0.522. The average molecular weight is 218 g/mol. The second-order valence-electron chi connectivity index (χ2n) is 4.30. The lowest BCUT2D eigenvalue weighted by Gasteiger charge is -2.21. The van der Waals surface area contributed by atoms with E-state index in [0.29, 0.717) is 25.7 Å². The number of methoxy groups -OCH3 is 1. The molecule has 0 aliphatic carbocycles. The van der Waals surface area contributed by atoms with Crippen molar-refractivity contribution >= 4 is 0 Å². The summed E-state index contributed by atoms with van der Waals surface area (Å²) in [6, 6.07) is 0.298. The van der Waals surface area contributed by atoms with Crippen LogP contribution in [-0.4, -0.2) is 44.1 Å². The van der Waals surface area contributed by atoms with Crippen LogP contribution in [0.2, 0.25) is 0 Å². The monoisotopic (exact) mass is 218 g/mol. The molecule has 0 saturated heterocycles. The van der Waals surface area contributed by atoms with Gasteiger partial charge in [-0.1, -0.05) is 13.8 Å². The molecule has 0 bridgehead atoms. The maximum Gasteiger partial charge on any atom is 0.0687 e. The van der Waals surface area contributed by atoms with Gasteiger partial charge >= 0.3 is 0 Å². The minimum Gasteiger partial charge on any atom is -0.392 e. The lowest BCUT2D eigenvalue weighted by molar-refractivity contribution is 0.106. The van der Waals surface area contributed by atoms with Crippen LogP contribution < -0.4 is 11.1 Å². The van der Waals surface area contributed by atoms with Gasteiger partial charge in [0.25, 0.3) is 0 Å². The van der Waals surface area contributed by atoms with Gasteiger partial charge in [-0.2, -0.15) is 0 Å². The molecule has 0 fully saturated rings. The first kappa shape index (κ1) is 14.8. The molecule has 2 atom stereocenters. The summed E-state index contributed by atoms with van der Waals surface area (Å²) in [5.74, 6) is 0.287. The van der Waals surface area contributed by atoms with Gasteiger partial charge in [-0.25, -0.2) is 0 Å². The van der Waals surface area contributed by atoms with Gasteiger partial charge in [0.2, 0.25) is 0 Å². The fourth-order valence-corrected chi connectivity index (χ4v) is 1.33. The van der Waals surface area contributed by atoms with Crippen LogP contribution in [0.15, 0.2) is 0 Å². The topological polar surface area (TPSA) is 67.5 Å². The molecule has 15 heavy (non-hydrogen) atoms. The summed E-state index contributed by atoms with van der Waals surface area (Å²) < 4.78 is 5.11. The smallest absolute Gasteiger partial charge is 0.0687 e. The van der Waals surface area contributed by atoms with E-state index in [1.54, 1.807) is 7.11 Å². The fraction of sp³-hybridized carbons (Fsp3) is 1.00. The van der Waals surface area contributed by atoms with Gasteiger partial charge in [0.05, 0.1) is 12.7 Å². The molecule has 0 saturated carbocycles. The zero-order chi connectivity index (χ0) is 11.7. The lowest BCUT2D eigenvalue weighted by atomic mass is 10.1. The van der Waals surface area contributed by atoms with Crippen LogP contribution in [0.1, 0.15) is 26.7 Å². The molecule has 0 aliphatic rings. The summed E-state index contributed by atoms with van der Waals surface area (Å²) in [6.45, 7) is 6.02. The van der Waals surface area contributed by atoms with Gasteiger partial charge in [-0.3, -0.25) is 0 Å². The normalized spacial score (nSPS) is 15.6. The highest BCUT2D eigenvalue weighted by atomic mass is 16.5. The molecular weight excluding hydrogens is 192 g/mol. The van der Waals surface area contributed by atoms with Gasteiger partial charge in [-0.15, -0.1) is 0 Å². The number of rotatable bonds is 9. The molecule has 2 unspecified atom stereocenters. The van der Waals surface area contributed by atoms with Crippen molar-refractivity contribution < 1.29 is 9.84 Å². The molecule has 4 nitrogen and oxygen atoms in total. The predicted octanol–water partition coefficient (Wildman–Crippen LogP) is 0.347. The van der Waals surface area contributed by atoms with Crippen molar-refractivity contribution in [2.24, 2.45) is 11.7 Å². The summed E-state index contributed by atoms with van der Waals surface area (Å²) in [6.07, 6.45) is 1.69. The summed E-state index contributed by atoms with van der Waals surface area (Å²) in [5, 5.41) is 12.9. The third-order valence-electron chi connectivity index (χ3n) is 2.51. The minimum atomic E-state index is -0.290. The Balaban J connectivity index is 3.73. The van der Waals surface area contributed by atoms with Crippen molar-refractivity contribution in [1.29, 1.82) is 0 Å². The molecular formula is C11H26N2O2. The predicted molar refractivity (Wildman–Crippen MR) is 62.8 cm³/mol. The first-order valence-corrected chi connectivity index (χ1v) is 5.72. The van der Waals surface area contributed by atoms with E-state index in [-0.39, 0.29) is 12.0 Å². The van der Waals surface area contributed by atoms with Gasteiger partial charge in [0.1, 0.15) is 0 Å². The van der Waals surface area contributed by atoms with Crippen molar-refractivity contribution in [3.63, 3.8) is 0 Å². The van der Waals surface area contributed by atoms with Gasteiger partial charge in [0, 0.05) is 19.7 Å². The highest BCUT2D eigenvalue weighted by Crippen LogP contribution is 2.02. The molecule has 0 spiro atoms. The van der Waals surface area contributed by atoms with Crippen LogP contribution in [0.5, 0.6) is 0 Å². The highest BCUT2D eigenvalue weighted by Gasteiger charge is 2.12. The number of nitrogens with one attached hydrogen (secondary N) is 1. The Kier molecular flexibility index (Phi) is 9.00. The maximum absolute atomic E-state index is 9.64. The Morgan fingerprint density at radius 2 is 2.07 bits per heavy atom. The zero-order valence-corrected chi connectivity index (χ0v) is 10.2. The second kappa shape index (κ2) is 9.09. The summed E-state index contributed by atoms with van der Waals surface area (Å²) in [5.41, 5.74) is 5.46. The van der Waals surface area contributed by atoms with Crippen molar-refractivity contribution in [2.45, 2.75) is 38.8 Å². The van der Waals surface area contributed by atoms with Crippen molar-refractivity contribution in [3.8, 4) is 0 Å². The van der Waals surface area contributed by atoms with E-state index >= 15 is 0 Å². The molecule has 0 amide bonds. The molecule has 0 heterocycles. The Labute approximate surface area is 93.2 Å². The Bertz CT molecular complexity index is 143. The Morgan fingerprint density at radius 1 is 1.40 bits per heavy atom. The molecule has 0 rings (SSSR count). The highest BCUT2D eigenvalue weighted by molar-refractivity contribution is 4.70. The van der Waals surface area contributed by atoms with Gasteiger partial charge in [-0.05, 0) is 25.3 Å². The first-order valence-electron chi connectivity index (χ1n) is 5.72. The van der Waals surface area contributed by atoms with E-state index in [1.807, 2.05) is 13.8 Å². The molecule has 0 aromatic heterocycles. The molecule has 4 heteroatoms. The fourth-order valence-electron chi connectivity index (χ4n) is 1.33. The molecule has 0 aliphatic heterocycles. The van der Waals surface area contributed by atoms with Crippen molar-refractivity contribution in [2.75, 3.05) is 26.8 Å². The van der Waals surface area contributed by atoms with E-state index in [1.165, 1.54) is 0 Å². The standard InChI is InChI=1S/C11H26N2O2/c1-9(2)11(14)7-13-10(8-15-3)5-4-6-12/h9-11,13-14H,4-8,12H2,1-3H3. The average Bonchev–Trinajstić information content (AvgIpc) is 2.21. The molecule has 0 aromatic carbocycles. The molecule has 0 aromatic rings. The van der Waals surface area contributed by atoms with E-state index < -0.39 is 0 Å². The summed E-state index contributed by atoms with van der Waals surface area (Å²) in [7, 11) is 1.69. The summed E-state index contributed by atoms with van der Waals surface area (Å²) >= 11 is 0. The number of aliphatic hydroxyl groups excluding tert-OH is 1. The van der Waals surface area contributed by atoms with E-state index in [9.17, 15) is 5.11 Å². The SMILES string of the molecule is COCC(CCCN)NCC(O)C(C)C. The number of aliphatic hydroxyl groups is 1. The Morgan fingerprint density at radius 3 is 2.53 bits per heavy atom. The van der Waals surface area contributed by atoms with Crippen LogP contribution in [0.4, 0.5) is 0 Å². The van der Waals surface area contributed by atoms with Crippen LogP contribution in [0.3, 0.4) is 0 Å². The van der Waals surface area contributed by atoms with Crippen LogP contribution in [-0.2, 0) is 4.74 Å². The number of hydrogen-bond donors (Lipinski definition) is 3. The van der Waals surface area contributed by atoms with E-state index in [2.05, 4.69) is 5.32 Å². The number of ether oxygens (including phenoxy) is 1. The first-order chi connectivity index (χ1) is 7.11. The summed E-state index contributed by atoms with van der Waals surface area (Å²) in [4.78, 5) is 0. The van der Waals surface area contributed by atoms with Crippen LogP contribution >= 0.6 is 0 Å².